The fourth-order valence-corrected chi connectivity index (χ4v) is 3.18. The normalized spacial score (nSPS) is 15.8. The molecule has 0 amide bonds. The molecular weight excluding hydrogens is 252 g/mol. The molecule has 110 valence electrons. The van der Waals surface area contributed by atoms with Gasteiger partial charge in [0.1, 0.15) is 0 Å². The van der Waals surface area contributed by atoms with Crippen LogP contribution in [-0.2, 0) is 11.8 Å². The molecule has 1 unspecified atom stereocenters. The van der Waals surface area contributed by atoms with Crippen molar-refractivity contribution >= 4 is 11.3 Å². The molecule has 0 bridgehead atoms. The van der Waals surface area contributed by atoms with Gasteiger partial charge in [0.25, 0.3) is 0 Å². The van der Waals surface area contributed by atoms with Crippen molar-refractivity contribution in [2.75, 3.05) is 13.1 Å². The summed E-state index contributed by atoms with van der Waals surface area (Å²) in [6.07, 6.45) is 1.07. The van der Waals surface area contributed by atoms with E-state index in [1.807, 2.05) is 11.3 Å². The van der Waals surface area contributed by atoms with Gasteiger partial charge in [-0.2, -0.15) is 0 Å². The van der Waals surface area contributed by atoms with Crippen molar-refractivity contribution in [1.82, 2.24) is 10.3 Å². The maximum absolute atomic E-state index is 4.85. The Hall–Kier alpha value is -0.410. The van der Waals surface area contributed by atoms with Crippen molar-refractivity contribution in [3.8, 4) is 0 Å². The van der Waals surface area contributed by atoms with Crippen LogP contribution in [-0.4, -0.2) is 18.1 Å². The summed E-state index contributed by atoms with van der Waals surface area (Å²) in [6.45, 7) is 18.0. The van der Waals surface area contributed by atoms with Crippen LogP contribution in [0.15, 0.2) is 5.38 Å². The molecule has 0 saturated heterocycles. The highest BCUT2D eigenvalue weighted by atomic mass is 32.1. The summed E-state index contributed by atoms with van der Waals surface area (Å²) in [6, 6.07) is 0. The zero-order valence-corrected chi connectivity index (χ0v) is 14.4. The molecule has 0 aliphatic rings. The topological polar surface area (TPSA) is 24.9 Å². The van der Waals surface area contributed by atoms with E-state index in [9.17, 15) is 0 Å². The molecule has 19 heavy (non-hydrogen) atoms. The molecule has 0 aliphatic carbocycles. The fourth-order valence-electron chi connectivity index (χ4n) is 1.96. The number of aromatic nitrogens is 1. The van der Waals surface area contributed by atoms with Gasteiger partial charge in [-0.25, -0.2) is 4.98 Å². The molecule has 1 aromatic heterocycles. The lowest BCUT2D eigenvalue weighted by atomic mass is 9.76. The number of hydrogen-bond donors (Lipinski definition) is 1. The second-order valence-electron chi connectivity index (χ2n) is 7.14. The van der Waals surface area contributed by atoms with Gasteiger partial charge in [-0.1, -0.05) is 48.5 Å². The van der Waals surface area contributed by atoms with Crippen molar-refractivity contribution < 1.29 is 0 Å². The Bertz CT molecular complexity index is 390. The van der Waals surface area contributed by atoms with E-state index in [1.54, 1.807) is 0 Å². The Balaban J connectivity index is 2.82. The van der Waals surface area contributed by atoms with E-state index in [1.165, 1.54) is 10.7 Å². The summed E-state index contributed by atoms with van der Waals surface area (Å²) < 4.78 is 0. The van der Waals surface area contributed by atoms with Crippen molar-refractivity contribution in [2.24, 2.45) is 11.3 Å². The standard InChI is InChI=1S/C16H30N2S/c1-8-17-11-16(7,12(2)3)9-14-18-13(10-19-14)15(4,5)6/h10,12,17H,8-9,11H2,1-7H3. The highest BCUT2D eigenvalue weighted by Crippen LogP contribution is 2.33. The monoisotopic (exact) mass is 282 g/mol. The average Bonchev–Trinajstić information content (AvgIpc) is 2.74. The van der Waals surface area contributed by atoms with Gasteiger partial charge in [-0.15, -0.1) is 11.3 Å². The van der Waals surface area contributed by atoms with Crippen LogP contribution < -0.4 is 5.32 Å². The van der Waals surface area contributed by atoms with Crippen molar-refractivity contribution in [3.05, 3.63) is 16.1 Å². The molecule has 2 nitrogen and oxygen atoms in total. The van der Waals surface area contributed by atoms with Gasteiger partial charge in [-0.05, 0) is 17.9 Å². The van der Waals surface area contributed by atoms with Gasteiger partial charge in [0.2, 0.25) is 0 Å². The molecule has 0 aliphatic heterocycles. The third kappa shape index (κ3) is 4.57. The highest BCUT2D eigenvalue weighted by Gasteiger charge is 2.30. The first-order chi connectivity index (χ1) is 8.69. The molecule has 1 N–H and O–H groups in total. The number of nitrogens with zero attached hydrogens (tertiary/aromatic N) is 1. The van der Waals surface area contributed by atoms with E-state index in [0.29, 0.717) is 5.92 Å². The van der Waals surface area contributed by atoms with Crippen LogP contribution in [0.2, 0.25) is 0 Å². The summed E-state index contributed by atoms with van der Waals surface area (Å²) >= 11 is 1.82. The van der Waals surface area contributed by atoms with Crippen LogP contribution >= 0.6 is 11.3 Å². The summed E-state index contributed by atoms with van der Waals surface area (Å²) in [5.41, 5.74) is 1.66. The average molecular weight is 282 g/mol. The Morgan fingerprint density at radius 2 is 1.89 bits per heavy atom. The Kier molecular flexibility index (Phi) is 5.57. The van der Waals surface area contributed by atoms with Crippen LogP contribution in [0.25, 0.3) is 0 Å². The van der Waals surface area contributed by atoms with Gasteiger partial charge in [0.05, 0.1) is 10.7 Å². The lowest BCUT2D eigenvalue weighted by molar-refractivity contribution is 0.208. The third-order valence-electron chi connectivity index (χ3n) is 4.05. The number of hydrogen-bond acceptors (Lipinski definition) is 3. The minimum atomic E-state index is 0.157. The molecule has 0 radical (unpaired) electrons. The minimum absolute atomic E-state index is 0.157. The molecular formula is C16H30N2S. The van der Waals surface area contributed by atoms with Crippen LogP contribution in [0.5, 0.6) is 0 Å². The molecule has 0 saturated carbocycles. The Morgan fingerprint density at radius 3 is 2.32 bits per heavy atom. The molecule has 1 rings (SSSR count). The fraction of sp³-hybridized carbons (Fsp3) is 0.812. The second kappa shape index (κ2) is 6.36. The second-order valence-corrected chi connectivity index (χ2v) is 8.08. The Labute approximate surface area is 123 Å². The molecule has 0 aromatic carbocycles. The summed E-state index contributed by atoms with van der Waals surface area (Å²) in [7, 11) is 0. The third-order valence-corrected chi connectivity index (χ3v) is 4.90. The number of thiazole rings is 1. The highest BCUT2D eigenvalue weighted by molar-refractivity contribution is 7.09. The van der Waals surface area contributed by atoms with Crippen molar-refractivity contribution in [2.45, 2.75) is 60.3 Å². The quantitative estimate of drug-likeness (QED) is 0.843. The van der Waals surface area contributed by atoms with E-state index in [2.05, 4.69) is 59.2 Å². The van der Waals surface area contributed by atoms with Gasteiger partial charge in [0.15, 0.2) is 0 Å². The summed E-state index contributed by atoms with van der Waals surface area (Å²) in [4.78, 5) is 4.85. The van der Waals surface area contributed by atoms with E-state index in [4.69, 9.17) is 4.98 Å². The lowest BCUT2D eigenvalue weighted by Gasteiger charge is -2.33. The molecule has 3 heteroatoms. The van der Waals surface area contributed by atoms with E-state index in [0.717, 1.165) is 19.5 Å². The summed E-state index contributed by atoms with van der Waals surface area (Å²) in [5, 5.41) is 7.01. The van der Waals surface area contributed by atoms with E-state index in [-0.39, 0.29) is 10.8 Å². The maximum Gasteiger partial charge on any atom is 0.0934 e. The molecule has 1 heterocycles. The van der Waals surface area contributed by atoms with E-state index >= 15 is 0 Å². The van der Waals surface area contributed by atoms with Gasteiger partial charge >= 0.3 is 0 Å². The first-order valence-corrected chi connectivity index (χ1v) is 8.22. The maximum atomic E-state index is 4.85. The van der Waals surface area contributed by atoms with Gasteiger partial charge in [-0.3, -0.25) is 0 Å². The molecule has 0 spiro atoms. The largest absolute Gasteiger partial charge is 0.316 e. The minimum Gasteiger partial charge on any atom is -0.316 e. The van der Waals surface area contributed by atoms with Crippen LogP contribution in [0, 0.1) is 11.3 Å². The molecule has 0 fully saturated rings. The van der Waals surface area contributed by atoms with Crippen molar-refractivity contribution in [3.63, 3.8) is 0 Å². The predicted octanol–water partition coefficient (Wildman–Crippen LogP) is 4.25. The lowest BCUT2D eigenvalue weighted by Crippen LogP contribution is -2.37. The van der Waals surface area contributed by atoms with Gasteiger partial charge in [0, 0.05) is 23.8 Å². The smallest absolute Gasteiger partial charge is 0.0934 e. The van der Waals surface area contributed by atoms with Crippen molar-refractivity contribution in [1.29, 1.82) is 0 Å². The zero-order valence-electron chi connectivity index (χ0n) is 13.6. The van der Waals surface area contributed by atoms with E-state index < -0.39 is 0 Å². The first kappa shape index (κ1) is 16.6. The van der Waals surface area contributed by atoms with Gasteiger partial charge < -0.3 is 5.32 Å². The molecule has 1 atom stereocenters. The number of nitrogens with one attached hydrogen (secondary N) is 1. The molecule has 1 aromatic rings. The summed E-state index contributed by atoms with van der Waals surface area (Å²) in [5.74, 6) is 0.647. The predicted molar refractivity (Wildman–Crippen MR) is 86.0 cm³/mol. The van der Waals surface area contributed by atoms with Crippen LogP contribution in [0.4, 0.5) is 0 Å². The first-order valence-electron chi connectivity index (χ1n) is 7.34. The SMILES string of the molecule is CCNCC(C)(Cc1nc(C(C)(C)C)cs1)C(C)C. The number of rotatable bonds is 6. The van der Waals surface area contributed by atoms with Crippen LogP contribution in [0.1, 0.15) is 59.2 Å². The zero-order chi connectivity index (χ0) is 14.7. The Morgan fingerprint density at radius 1 is 1.26 bits per heavy atom. The van der Waals surface area contributed by atoms with Crippen LogP contribution in [0.3, 0.4) is 0 Å².